The molecule has 3 rings (SSSR count). The zero-order chi connectivity index (χ0) is 14.5. The van der Waals surface area contributed by atoms with Crippen LogP contribution in [0, 0.1) is 0 Å². The van der Waals surface area contributed by atoms with Gasteiger partial charge >= 0.3 is 6.18 Å². The largest absolute Gasteiger partial charge is 0.417 e. The summed E-state index contributed by atoms with van der Waals surface area (Å²) in [6.07, 6.45) is -4.52. The number of fused-ring (bicyclic) bond motifs is 3. The second-order valence-electron chi connectivity index (χ2n) is 5.00. The van der Waals surface area contributed by atoms with Gasteiger partial charge in [0.15, 0.2) is 0 Å². The normalized spacial score (nSPS) is 25.6. The summed E-state index contributed by atoms with van der Waals surface area (Å²) in [7, 11) is 0. The highest BCUT2D eigenvalue weighted by molar-refractivity contribution is 6.18. The molecule has 3 nitrogen and oxygen atoms in total. The van der Waals surface area contributed by atoms with Crippen LogP contribution in [0.15, 0.2) is 18.2 Å². The molecule has 1 aromatic rings. The van der Waals surface area contributed by atoms with Crippen molar-refractivity contribution in [2.75, 3.05) is 19.0 Å². The third kappa shape index (κ3) is 1.98. The molecule has 7 heteroatoms. The first-order valence-corrected chi connectivity index (χ1v) is 6.77. The van der Waals surface area contributed by atoms with Crippen molar-refractivity contribution in [3.63, 3.8) is 0 Å². The molecule has 2 aliphatic rings. The second-order valence-corrected chi connectivity index (χ2v) is 5.31. The number of carbonyl (C=O) groups is 1. The van der Waals surface area contributed by atoms with Gasteiger partial charge in [0.05, 0.1) is 17.2 Å². The van der Waals surface area contributed by atoms with Gasteiger partial charge in [-0.3, -0.25) is 4.79 Å². The first-order chi connectivity index (χ1) is 9.43. The van der Waals surface area contributed by atoms with Crippen LogP contribution in [-0.4, -0.2) is 35.8 Å². The SMILES string of the molecule is O=C1c2c(cccc2C(F)(F)F)[C@H]2CN[C@H](CCl)CN12. The van der Waals surface area contributed by atoms with E-state index >= 15 is 0 Å². The number of rotatable bonds is 1. The van der Waals surface area contributed by atoms with Crippen LogP contribution in [0.4, 0.5) is 13.2 Å². The Bertz CT molecular complexity index is 561. The van der Waals surface area contributed by atoms with Gasteiger partial charge in [0.1, 0.15) is 0 Å². The maximum Gasteiger partial charge on any atom is 0.417 e. The van der Waals surface area contributed by atoms with Crippen LogP contribution in [0.2, 0.25) is 0 Å². The number of hydrogen-bond acceptors (Lipinski definition) is 2. The molecule has 2 heterocycles. The minimum Gasteiger partial charge on any atom is -0.329 e. The van der Waals surface area contributed by atoms with Crippen LogP contribution in [-0.2, 0) is 6.18 Å². The first-order valence-electron chi connectivity index (χ1n) is 6.24. The van der Waals surface area contributed by atoms with Crippen molar-refractivity contribution in [2.45, 2.75) is 18.3 Å². The molecule has 0 bridgehead atoms. The summed E-state index contributed by atoms with van der Waals surface area (Å²) in [4.78, 5) is 13.8. The monoisotopic (exact) mass is 304 g/mol. The van der Waals surface area contributed by atoms with E-state index in [9.17, 15) is 18.0 Å². The molecule has 0 unspecified atom stereocenters. The molecule has 1 aromatic carbocycles. The molecule has 1 saturated heterocycles. The number of alkyl halides is 4. The van der Waals surface area contributed by atoms with Crippen LogP contribution in [0.5, 0.6) is 0 Å². The van der Waals surface area contributed by atoms with Gasteiger partial charge in [-0.1, -0.05) is 12.1 Å². The Kier molecular flexibility index (Phi) is 3.17. The van der Waals surface area contributed by atoms with Crippen molar-refractivity contribution < 1.29 is 18.0 Å². The minimum absolute atomic E-state index is 0.0829. The van der Waals surface area contributed by atoms with E-state index in [1.54, 1.807) is 6.07 Å². The van der Waals surface area contributed by atoms with E-state index in [1.807, 2.05) is 0 Å². The first kappa shape index (κ1) is 13.7. The van der Waals surface area contributed by atoms with Crippen molar-refractivity contribution in [2.24, 2.45) is 0 Å². The third-order valence-corrected chi connectivity index (χ3v) is 4.19. The number of nitrogens with one attached hydrogen (secondary N) is 1. The molecule has 0 aromatic heterocycles. The molecule has 0 saturated carbocycles. The van der Waals surface area contributed by atoms with Gasteiger partial charge in [-0.05, 0) is 11.6 Å². The Hall–Kier alpha value is -1.27. The zero-order valence-corrected chi connectivity index (χ0v) is 11.1. The lowest BCUT2D eigenvalue weighted by atomic mass is 9.98. The standard InChI is InChI=1S/C13H12ClF3N2O/c14-4-7-6-19-10(5-18-7)8-2-1-3-9(13(15,16)17)11(8)12(19)20/h1-3,7,10,18H,4-6H2/t7-,10-/m1/s1. The molecule has 2 atom stereocenters. The summed E-state index contributed by atoms with van der Waals surface area (Å²) in [6, 6.07) is 3.49. The molecule has 1 fully saturated rings. The van der Waals surface area contributed by atoms with Crippen molar-refractivity contribution in [3.8, 4) is 0 Å². The summed E-state index contributed by atoms with van der Waals surface area (Å²) in [6.45, 7) is 0.760. The number of carbonyl (C=O) groups excluding carboxylic acids is 1. The van der Waals surface area contributed by atoms with E-state index in [-0.39, 0.29) is 17.6 Å². The van der Waals surface area contributed by atoms with E-state index in [2.05, 4.69) is 5.32 Å². The summed E-state index contributed by atoms with van der Waals surface area (Å²) < 4.78 is 39.1. The highest BCUT2D eigenvalue weighted by Crippen LogP contribution is 2.42. The lowest BCUT2D eigenvalue weighted by Crippen LogP contribution is -2.52. The molecule has 1 amide bonds. The molecule has 1 N–H and O–H groups in total. The van der Waals surface area contributed by atoms with E-state index in [4.69, 9.17) is 11.6 Å². The van der Waals surface area contributed by atoms with E-state index in [0.29, 0.717) is 24.5 Å². The predicted octanol–water partition coefficient (Wildman–Crippen LogP) is 2.41. The highest BCUT2D eigenvalue weighted by atomic mass is 35.5. The molecule has 0 aliphatic carbocycles. The number of benzene rings is 1. The fraction of sp³-hybridized carbons (Fsp3) is 0.462. The van der Waals surface area contributed by atoms with Crippen molar-refractivity contribution >= 4 is 17.5 Å². The number of halogens is 4. The highest BCUT2D eigenvalue weighted by Gasteiger charge is 2.46. The van der Waals surface area contributed by atoms with Crippen molar-refractivity contribution in [3.05, 3.63) is 34.9 Å². The van der Waals surface area contributed by atoms with Crippen molar-refractivity contribution in [1.29, 1.82) is 0 Å². The average molecular weight is 305 g/mol. The van der Waals surface area contributed by atoms with E-state index in [1.165, 1.54) is 11.0 Å². The van der Waals surface area contributed by atoms with E-state index < -0.39 is 17.6 Å². The van der Waals surface area contributed by atoms with Gasteiger partial charge in [0.25, 0.3) is 5.91 Å². The van der Waals surface area contributed by atoms with Gasteiger partial charge in [-0.2, -0.15) is 13.2 Å². The lowest BCUT2D eigenvalue weighted by molar-refractivity contribution is -0.137. The zero-order valence-electron chi connectivity index (χ0n) is 10.4. The van der Waals surface area contributed by atoms with Gasteiger partial charge in [-0.25, -0.2) is 0 Å². The number of piperazine rings is 1. The maximum absolute atomic E-state index is 13.0. The number of nitrogens with zero attached hydrogens (tertiary/aromatic N) is 1. The summed E-state index contributed by atoms with van der Waals surface area (Å²) in [5.41, 5.74) is -0.607. The Labute approximate surface area is 118 Å². The fourth-order valence-corrected chi connectivity index (χ4v) is 3.10. The Morgan fingerprint density at radius 3 is 2.80 bits per heavy atom. The predicted molar refractivity (Wildman–Crippen MR) is 67.7 cm³/mol. The second kappa shape index (κ2) is 4.63. The molecule has 20 heavy (non-hydrogen) atoms. The van der Waals surface area contributed by atoms with Crippen LogP contribution in [0.3, 0.4) is 0 Å². The number of amides is 1. The Morgan fingerprint density at radius 1 is 1.40 bits per heavy atom. The lowest BCUT2D eigenvalue weighted by Gasteiger charge is -2.35. The maximum atomic E-state index is 13.0. The van der Waals surface area contributed by atoms with Gasteiger partial charge in [-0.15, -0.1) is 11.6 Å². The van der Waals surface area contributed by atoms with Gasteiger partial charge in [0, 0.05) is 25.0 Å². The fourth-order valence-electron chi connectivity index (χ4n) is 2.89. The molecule has 0 spiro atoms. The summed E-state index contributed by atoms with van der Waals surface area (Å²) in [5.74, 6) is -0.228. The minimum atomic E-state index is -4.52. The van der Waals surface area contributed by atoms with Crippen LogP contribution < -0.4 is 5.32 Å². The van der Waals surface area contributed by atoms with Gasteiger partial charge < -0.3 is 10.2 Å². The molecular formula is C13H12ClF3N2O. The smallest absolute Gasteiger partial charge is 0.329 e. The Balaban J connectivity index is 2.06. The molecule has 108 valence electrons. The van der Waals surface area contributed by atoms with Crippen molar-refractivity contribution in [1.82, 2.24) is 10.2 Å². The van der Waals surface area contributed by atoms with Crippen LogP contribution in [0.25, 0.3) is 0 Å². The topological polar surface area (TPSA) is 32.3 Å². The van der Waals surface area contributed by atoms with Crippen LogP contribution in [0.1, 0.15) is 27.5 Å². The van der Waals surface area contributed by atoms with Gasteiger partial charge in [0.2, 0.25) is 0 Å². The molecule has 2 aliphatic heterocycles. The summed E-state index contributed by atoms with van der Waals surface area (Å²) in [5, 5.41) is 3.15. The molecular weight excluding hydrogens is 293 g/mol. The van der Waals surface area contributed by atoms with Crippen LogP contribution >= 0.6 is 11.6 Å². The van der Waals surface area contributed by atoms with E-state index in [0.717, 1.165) is 6.07 Å². The average Bonchev–Trinajstić information content (AvgIpc) is 2.71. The third-order valence-electron chi connectivity index (χ3n) is 3.82. The summed E-state index contributed by atoms with van der Waals surface area (Å²) >= 11 is 5.75. The quantitative estimate of drug-likeness (QED) is 0.808. The Morgan fingerprint density at radius 2 is 2.15 bits per heavy atom. The number of hydrogen-bond donors (Lipinski definition) is 1. The molecule has 0 radical (unpaired) electrons.